The van der Waals surface area contributed by atoms with Gasteiger partial charge in [-0.15, -0.1) is 0 Å². The van der Waals surface area contributed by atoms with Crippen LogP contribution in [0.5, 0.6) is 5.75 Å². The van der Waals surface area contributed by atoms with E-state index < -0.39 is 29.0 Å². The second kappa shape index (κ2) is 12.1. The molecule has 0 aliphatic heterocycles. The van der Waals surface area contributed by atoms with Gasteiger partial charge in [0.15, 0.2) is 5.69 Å². The molecular weight excluding hydrogens is 527 g/mol. The van der Waals surface area contributed by atoms with E-state index in [1.165, 1.54) is 43.5 Å². The molecule has 0 heterocycles. The lowest BCUT2D eigenvalue weighted by Gasteiger charge is -2.18. The number of hydrogen-bond acceptors (Lipinski definition) is 6. The zero-order chi connectivity index (χ0) is 28.1. The molecule has 200 valence electrons. The Morgan fingerprint density at radius 1 is 0.974 bits per heavy atom. The third-order valence-electron chi connectivity index (χ3n) is 6.12. The zero-order valence-electron chi connectivity index (χ0n) is 20.7. The first-order chi connectivity index (χ1) is 18.7. The summed E-state index contributed by atoms with van der Waals surface area (Å²) in [5.74, 6) is -2.27. The maximum Gasteiger partial charge on any atom is 0.328 e. The summed E-state index contributed by atoms with van der Waals surface area (Å²) in [7, 11) is 1.20. The van der Waals surface area contributed by atoms with Gasteiger partial charge in [0.2, 0.25) is 0 Å². The molecule has 0 fully saturated rings. The van der Waals surface area contributed by atoms with Gasteiger partial charge in [-0.25, -0.2) is 14.4 Å². The van der Waals surface area contributed by atoms with E-state index >= 15 is 0 Å². The van der Waals surface area contributed by atoms with Crippen LogP contribution >= 0.6 is 11.6 Å². The number of phenolic OH excluding ortho intramolecular Hbond substituents is 1. The molecule has 1 amide bonds. The molecule has 4 N–H and O–H groups in total. The van der Waals surface area contributed by atoms with Gasteiger partial charge in [-0.1, -0.05) is 60.1 Å². The number of ether oxygens (including phenoxy) is 1. The van der Waals surface area contributed by atoms with Gasteiger partial charge in [-0.05, 0) is 52.1 Å². The lowest BCUT2D eigenvalue weighted by molar-refractivity contribution is -0.991. The average molecular weight is 551 g/mol. The minimum Gasteiger partial charge on any atom is -0.595 e. The molecule has 0 aliphatic rings. The van der Waals surface area contributed by atoms with E-state index in [2.05, 4.69) is 5.32 Å². The number of methoxy groups -OCH3 is 1. The second-order valence-electron chi connectivity index (χ2n) is 8.70. The molecule has 1 unspecified atom stereocenters. The highest BCUT2D eigenvalue weighted by Gasteiger charge is 2.24. The van der Waals surface area contributed by atoms with Crippen LogP contribution in [-0.2, 0) is 16.0 Å². The Labute approximate surface area is 228 Å². The van der Waals surface area contributed by atoms with E-state index in [1.54, 1.807) is 48.5 Å². The maximum atomic E-state index is 13.6. The molecule has 4 aromatic rings. The van der Waals surface area contributed by atoms with Crippen LogP contribution in [0.2, 0.25) is 5.02 Å². The second-order valence-corrected chi connectivity index (χ2v) is 9.10. The van der Waals surface area contributed by atoms with Gasteiger partial charge in [0.1, 0.15) is 17.6 Å². The number of carbonyl (C=O) groups is 2. The van der Waals surface area contributed by atoms with Crippen LogP contribution in [0, 0.1) is 11.0 Å². The standard InChI is InChI=1S/C29H24ClFN2O6/c1-39-29(36)26(13-17-5-7-18(8-6-17)19-3-2-4-22(14-19)33(37)38)32-28(35)23-15-20(10-12-27(23)34)21-9-11-25(31)24(30)16-21/h2-12,14-16,26,33-34,37H,13H2,1H3,(H,32,35)/t26-/m0/s1. The quantitative estimate of drug-likeness (QED) is 0.190. The van der Waals surface area contributed by atoms with E-state index in [0.29, 0.717) is 16.7 Å². The first-order valence-electron chi connectivity index (χ1n) is 11.8. The molecule has 39 heavy (non-hydrogen) atoms. The van der Waals surface area contributed by atoms with Gasteiger partial charge >= 0.3 is 5.97 Å². The molecule has 0 aromatic heterocycles. The Kier molecular flexibility index (Phi) is 8.58. The number of hydrogen-bond donors (Lipinski definition) is 4. The third-order valence-corrected chi connectivity index (χ3v) is 6.41. The molecule has 4 aromatic carbocycles. The minimum atomic E-state index is -1.06. The van der Waals surface area contributed by atoms with Crippen molar-refractivity contribution in [3.8, 4) is 28.0 Å². The summed E-state index contributed by atoms with van der Waals surface area (Å²) in [4.78, 5) is 25.6. The fourth-order valence-corrected chi connectivity index (χ4v) is 4.23. The van der Waals surface area contributed by atoms with Crippen LogP contribution in [0.3, 0.4) is 0 Å². The van der Waals surface area contributed by atoms with Gasteiger partial charge in [0.25, 0.3) is 5.91 Å². The Morgan fingerprint density at radius 2 is 1.62 bits per heavy atom. The van der Waals surface area contributed by atoms with Crippen molar-refractivity contribution < 1.29 is 34.3 Å². The van der Waals surface area contributed by atoms with Crippen molar-refractivity contribution in [1.29, 1.82) is 0 Å². The lowest BCUT2D eigenvalue weighted by Crippen LogP contribution is -2.99. The molecule has 8 nitrogen and oxygen atoms in total. The summed E-state index contributed by atoms with van der Waals surface area (Å²) in [6.07, 6.45) is 0.0991. The number of amides is 1. The van der Waals surface area contributed by atoms with Gasteiger partial charge in [-0.2, -0.15) is 5.23 Å². The number of quaternary nitrogens is 1. The molecule has 0 saturated heterocycles. The predicted octanol–water partition coefficient (Wildman–Crippen LogP) is 4.44. The summed E-state index contributed by atoms with van der Waals surface area (Å²) in [6, 6.07) is 21.0. The molecule has 2 atom stereocenters. The predicted molar refractivity (Wildman–Crippen MR) is 143 cm³/mol. The fraction of sp³-hybridized carbons (Fsp3) is 0.103. The van der Waals surface area contributed by atoms with Crippen LogP contribution in [0.25, 0.3) is 22.3 Å². The highest BCUT2D eigenvalue weighted by atomic mass is 35.5. The van der Waals surface area contributed by atoms with Crippen molar-refractivity contribution in [3.63, 3.8) is 0 Å². The number of aromatic hydroxyl groups is 1. The van der Waals surface area contributed by atoms with E-state index in [4.69, 9.17) is 16.3 Å². The highest BCUT2D eigenvalue weighted by molar-refractivity contribution is 6.31. The molecule has 0 spiro atoms. The Bertz CT molecular complexity index is 1510. The largest absolute Gasteiger partial charge is 0.595 e. The highest BCUT2D eigenvalue weighted by Crippen LogP contribution is 2.29. The number of rotatable bonds is 8. The topological polar surface area (TPSA) is 123 Å². The number of carbonyl (C=O) groups excluding carboxylic acids is 2. The first-order valence-corrected chi connectivity index (χ1v) is 12.1. The Morgan fingerprint density at radius 3 is 2.28 bits per heavy atom. The first kappa shape index (κ1) is 27.7. The molecule has 0 bridgehead atoms. The van der Waals surface area contributed by atoms with Crippen molar-refractivity contribution >= 4 is 29.2 Å². The zero-order valence-corrected chi connectivity index (χ0v) is 21.4. The molecule has 4 rings (SSSR count). The normalized spacial score (nSPS) is 12.4. The maximum absolute atomic E-state index is 13.6. The summed E-state index contributed by atoms with van der Waals surface area (Å²) < 4.78 is 18.4. The Hall–Kier alpha value is -4.28. The van der Waals surface area contributed by atoms with Crippen LogP contribution in [0.1, 0.15) is 15.9 Å². The van der Waals surface area contributed by atoms with Crippen LogP contribution < -0.4 is 10.5 Å². The van der Waals surface area contributed by atoms with Crippen LogP contribution in [0.15, 0.2) is 84.9 Å². The van der Waals surface area contributed by atoms with Crippen molar-refractivity contribution in [2.24, 2.45) is 0 Å². The molecule has 0 saturated carbocycles. The van der Waals surface area contributed by atoms with E-state index in [-0.39, 0.29) is 28.4 Å². The number of benzene rings is 4. The third kappa shape index (κ3) is 6.60. The molecule has 0 radical (unpaired) electrons. The summed E-state index contributed by atoms with van der Waals surface area (Å²) in [5, 5.41) is 32.3. The smallest absolute Gasteiger partial charge is 0.328 e. The summed E-state index contributed by atoms with van der Waals surface area (Å²) in [5.41, 5.74) is 3.34. The van der Waals surface area contributed by atoms with Gasteiger partial charge in [0.05, 0.1) is 17.7 Å². The number of halogens is 2. The SMILES string of the molecule is COC(=O)[C@H](Cc1ccc(-c2cccc([NH+]([O-])O)c2)cc1)NC(=O)c1cc(-c2ccc(F)c(Cl)c2)ccc1O. The van der Waals surface area contributed by atoms with Crippen LogP contribution in [-0.4, -0.2) is 35.3 Å². The number of nitrogens with one attached hydrogen (secondary N) is 2. The van der Waals surface area contributed by atoms with Crippen LogP contribution in [0.4, 0.5) is 10.1 Å². The van der Waals surface area contributed by atoms with Crippen molar-refractivity contribution in [3.05, 3.63) is 112 Å². The average Bonchev–Trinajstić information content (AvgIpc) is 2.94. The minimum absolute atomic E-state index is 0.0852. The van der Waals surface area contributed by atoms with Crippen molar-refractivity contribution in [2.45, 2.75) is 12.5 Å². The lowest BCUT2D eigenvalue weighted by atomic mass is 9.99. The number of phenols is 1. The monoisotopic (exact) mass is 550 g/mol. The number of esters is 1. The fourth-order valence-electron chi connectivity index (χ4n) is 4.05. The Balaban J connectivity index is 1.53. The summed E-state index contributed by atoms with van der Waals surface area (Å²) in [6.45, 7) is 0. The van der Waals surface area contributed by atoms with Gasteiger partial charge in [-0.3, -0.25) is 4.79 Å². The van der Waals surface area contributed by atoms with Crippen molar-refractivity contribution in [2.75, 3.05) is 7.11 Å². The summed E-state index contributed by atoms with van der Waals surface area (Å²) >= 11 is 5.88. The van der Waals surface area contributed by atoms with Gasteiger partial charge < -0.3 is 20.4 Å². The van der Waals surface area contributed by atoms with E-state index in [1.807, 2.05) is 0 Å². The molecule has 0 aliphatic carbocycles. The molecular formula is C29H24ClFN2O6. The van der Waals surface area contributed by atoms with E-state index in [0.717, 1.165) is 11.1 Å². The molecule has 10 heteroatoms. The van der Waals surface area contributed by atoms with Gasteiger partial charge in [0, 0.05) is 18.6 Å². The van der Waals surface area contributed by atoms with Crippen molar-refractivity contribution in [1.82, 2.24) is 5.32 Å². The van der Waals surface area contributed by atoms with E-state index in [9.17, 15) is 29.5 Å².